The Morgan fingerprint density at radius 2 is 1.96 bits per heavy atom. The van der Waals surface area contributed by atoms with Gasteiger partial charge in [-0.2, -0.15) is 5.26 Å². The highest BCUT2D eigenvalue weighted by atomic mass is 16.1. The molecule has 2 rings (SSSR count). The van der Waals surface area contributed by atoms with Crippen molar-refractivity contribution in [2.75, 3.05) is 17.2 Å². The summed E-state index contributed by atoms with van der Waals surface area (Å²) in [7, 11) is 0. The fraction of sp³-hybridized carbons (Fsp3) is 0.263. The van der Waals surface area contributed by atoms with Gasteiger partial charge in [-0.15, -0.1) is 0 Å². The van der Waals surface area contributed by atoms with Gasteiger partial charge in [0, 0.05) is 11.4 Å². The summed E-state index contributed by atoms with van der Waals surface area (Å²) in [4.78, 5) is 12.1. The minimum absolute atomic E-state index is 0.141. The summed E-state index contributed by atoms with van der Waals surface area (Å²) < 4.78 is 0. The number of nitrogens with zero attached hydrogens (tertiary/aromatic N) is 1. The van der Waals surface area contributed by atoms with E-state index in [0.29, 0.717) is 17.2 Å². The van der Waals surface area contributed by atoms with Crippen molar-refractivity contribution in [1.82, 2.24) is 0 Å². The predicted molar refractivity (Wildman–Crippen MR) is 93.5 cm³/mol. The lowest BCUT2D eigenvalue weighted by Crippen LogP contribution is -2.22. The molecule has 0 atom stereocenters. The first-order valence-electron chi connectivity index (χ1n) is 7.64. The number of amides is 1. The largest absolute Gasteiger partial charge is 0.376 e. The lowest BCUT2D eigenvalue weighted by atomic mass is 9.98. The maximum absolute atomic E-state index is 12.1. The second-order valence-corrected chi connectivity index (χ2v) is 5.79. The summed E-state index contributed by atoms with van der Waals surface area (Å²) in [6.07, 6.45) is 0. The second kappa shape index (κ2) is 7.46. The zero-order valence-electron chi connectivity index (χ0n) is 13.7. The van der Waals surface area contributed by atoms with Crippen molar-refractivity contribution in [2.45, 2.75) is 26.7 Å². The molecule has 0 unspecified atom stereocenters. The maximum Gasteiger partial charge on any atom is 0.243 e. The Morgan fingerprint density at radius 3 is 2.65 bits per heavy atom. The number of benzene rings is 2. The molecule has 0 saturated carbocycles. The van der Waals surface area contributed by atoms with Gasteiger partial charge < -0.3 is 10.6 Å². The molecule has 0 aliphatic carbocycles. The van der Waals surface area contributed by atoms with E-state index in [9.17, 15) is 4.79 Å². The minimum atomic E-state index is -0.141. The van der Waals surface area contributed by atoms with Crippen molar-refractivity contribution in [2.24, 2.45) is 0 Å². The van der Waals surface area contributed by atoms with E-state index in [1.165, 1.54) is 5.56 Å². The van der Waals surface area contributed by atoms with Crippen molar-refractivity contribution in [3.8, 4) is 6.07 Å². The number of nitrogens with one attached hydrogen (secondary N) is 2. The van der Waals surface area contributed by atoms with Gasteiger partial charge in [0.15, 0.2) is 0 Å². The van der Waals surface area contributed by atoms with E-state index in [4.69, 9.17) is 5.26 Å². The summed E-state index contributed by atoms with van der Waals surface area (Å²) in [6.45, 7) is 6.48. The molecule has 0 fully saturated rings. The van der Waals surface area contributed by atoms with Crippen molar-refractivity contribution in [3.05, 3.63) is 59.2 Å². The monoisotopic (exact) mass is 307 g/mol. The van der Waals surface area contributed by atoms with Crippen LogP contribution in [-0.4, -0.2) is 12.5 Å². The molecular formula is C19H21N3O. The molecule has 1 amide bonds. The highest BCUT2D eigenvalue weighted by Crippen LogP contribution is 2.27. The normalized spacial score (nSPS) is 10.2. The Labute approximate surface area is 137 Å². The number of hydrogen-bond donors (Lipinski definition) is 2. The number of carbonyl (C=O) groups is 1. The molecule has 0 bridgehead atoms. The average molecular weight is 307 g/mol. The summed E-state index contributed by atoms with van der Waals surface area (Å²) in [5.41, 5.74) is 4.49. The van der Waals surface area contributed by atoms with Crippen LogP contribution in [0.2, 0.25) is 0 Å². The Hall–Kier alpha value is -2.80. The van der Waals surface area contributed by atoms with Gasteiger partial charge in [0.1, 0.15) is 0 Å². The Morgan fingerprint density at radius 1 is 1.22 bits per heavy atom. The van der Waals surface area contributed by atoms with Gasteiger partial charge in [-0.3, -0.25) is 4.79 Å². The zero-order valence-corrected chi connectivity index (χ0v) is 13.7. The summed E-state index contributed by atoms with van der Waals surface area (Å²) in [6, 6.07) is 15.1. The highest BCUT2D eigenvalue weighted by Gasteiger charge is 2.10. The van der Waals surface area contributed by atoms with Crippen LogP contribution in [-0.2, 0) is 4.79 Å². The van der Waals surface area contributed by atoms with E-state index in [-0.39, 0.29) is 12.5 Å². The number of anilines is 2. The molecule has 2 aromatic rings. The Kier molecular flexibility index (Phi) is 5.37. The van der Waals surface area contributed by atoms with E-state index in [2.05, 4.69) is 36.6 Å². The van der Waals surface area contributed by atoms with Crippen molar-refractivity contribution >= 4 is 17.3 Å². The van der Waals surface area contributed by atoms with Gasteiger partial charge in [-0.1, -0.05) is 38.1 Å². The molecule has 2 N–H and O–H groups in total. The first-order valence-corrected chi connectivity index (χ1v) is 7.64. The molecule has 0 aliphatic heterocycles. The summed E-state index contributed by atoms with van der Waals surface area (Å²) in [5, 5.41) is 14.9. The van der Waals surface area contributed by atoms with Crippen LogP contribution < -0.4 is 10.6 Å². The van der Waals surface area contributed by atoms with Gasteiger partial charge >= 0.3 is 0 Å². The molecule has 0 aromatic heterocycles. The highest BCUT2D eigenvalue weighted by molar-refractivity contribution is 5.94. The van der Waals surface area contributed by atoms with Crippen LogP contribution in [0.5, 0.6) is 0 Å². The Balaban J connectivity index is 2.04. The smallest absolute Gasteiger partial charge is 0.243 e. The number of carbonyl (C=O) groups excluding carboxylic acids is 1. The van der Waals surface area contributed by atoms with E-state index >= 15 is 0 Å². The second-order valence-electron chi connectivity index (χ2n) is 5.79. The predicted octanol–water partition coefficient (Wildman–Crippen LogP) is 4.04. The minimum Gasteiger partial charge on any atom is -0.376 e. The van der Waals surface area contributed by atoms with Crippen LogP contribution in [0, 0.1) is 18.3 Å². The van der Waals surface area contributed by atoms with E-state index < -0.39 is 0 Å². The average Bonchev–Trinajstić information content (AvgIpc) is 2.53. The van der Waals surface area contributed by atoms with Crippen LogP contribution in [0.3, 0.4) is 0 Å². The van der Waals surface area contributed by atoms with Gasteiger partial charge in [0.05, 0.1) is 18.2 Å². The molecule has 0 saturated heterocycles. The summed E-state index contributed by atoms with van der Waals surface area (Å²) >= 11 is 0. The molecular weight excluding hydrogens is 286 g/mol. The molecule has 4 nitrogen and oxygen atoms in total. The SMILES string of the molecule is Cc1cccc(C(C)C)c1NCC(=O)Nc1cccc(C#N)c1. The standard InChI is InChI=1S/C19H21N3O/c1-13(2)17-9-4-6-14(3)19(17)21-12-18(23)22-16-8-5-7-15(10-16)11-20/h4-10,13,21H,12H2,1-3H3,(H,22,23). The lowest BCUT2D eigenvalue weighted by Gasteiger charge is -2.17. The van der Waals surface area contributed by atoms with Crippen molar-refractivity contribution < 1.29 is 4.79 Å². The number of para-hydroxylation sites is 1. The number of nitriles is 1. The van der Waals surface area contributed by atoms with Crippen molar-refractivity contribution in [3.63, 3.8) is 0 Å². The fourth-order valence-corrected chi connectivity index (χ4v) is 2.45. The summed E-state index contributed by atoms with van der Waals surface area (Å²) in [5.74, 6) is 0.242. The van der Waals surface area contributed by atoms with Gasteiger partial charge in [0.25, 0.3) is 0 Å². The van der Waals surface area contributed by atoms with Crippen LogP contribution in [0.25, 0.3) is 0 Å². The zero-order chi connectivity index (χ0) is 16.8. The quantitative estimate of drug-likeness (QED) is 0.876. The Bertz CT molecular complexity index is 745. The number of hydrogen-bond acceptors (Lipinski definition) is 3. The molecule has 4 heteroatoms. The third kappa shape index (κ3) is 4.33. The van der Waals surface area contributed by atoms with Crippen LogP contribution in [0.15, 0.2) is 42.5 Å². The van der Waals surface area contributed by atoms with E-state index in [0.717, 1.165) is 11.3 Å². The fourth-order valence-electron chi connectivity index (χ4n) is 2.45. The molecule has 2 aromatic carbocycles. The van der Waals surface area contributed by atoms with Gasteiger partial charge in [-0.05, 0) is 42.2 Å². The topological polar surface area (TPSA) is 64.9 Å². The van der Waals surface area contributed by atoms with Gasteiger partial charge in [0.2, 0.25) is 5.91 Å². The molecule has 23 heavy (non-hydrogen) atoms. The molecule has 118 valence electrons. The van der Waals surface area contributed by atoms with E-state index in [1.54, 1.807) is 24.3 Å². The molecule has 0 heterocycles. The third-order valence-electron chi connectivity index (χ3n) is 3.63. The molecule has 0 aliphatic rings. The van der Waals surface area contributed by atoms with Crippen LogP contribution in [0.4, 0.5) is 11.4 Å². The third-order valence-corrected chi connectivity index (χ3v) is 3.63. The first kappa shape index (κ1) is 16.6. The van der Waals surface area contributed by atoms with Crippen LogP contribution in [0.1, 0.15) is 36.5 Å². The lowest BCUT2D eigenvalue weighted by molar-refractivity contribution is -0.114. The van der Waals surface area contributed by atoms with Crippen molar-refractivity contribution in [1.29, 1.82) is 5.26 Å². The first-order chi connectivity index (χ1) is 11.0. The van der Waals surface area contributed by atoms with Crippen LogP contribution >= 0.6 is 0 Å². The van der Waals surface area contributed by atoms with Gasteiger partial charge in [-0.25, -0.2) is 0 Å². The van der Waals surface area contributed by atoms with E-state index in [1.807, 2.05) is 19.1 Å². The molecule has 0 radical (unpaired) electrons. The molecule has 0 spiro atoms. The number of rotatable bonds is 5. The number of aryl methyl sites for hydroxylation is 1. The maximum atomic E-state index is 12.1.